The number of anilines is 2. The first-order chi connectivity index (χ1) is 15.3. The molecular formula is C23H20F2N6S. The maximum absolute atomic E-state index is 15.3. The number of likely N-dealkylation sites (N-methyl/N-ethyl adjacent to an activating group) is 1. The lowest BCUT2D eigenvalue weighted by molar-refractivity contribution is 0.430. The number of rotatable bonds is 3. The van der Waals surface area contributed by atoms with Crippen molar-refractivity contribution in [2.24, 2.45) is 7.05 Å². The largest absolute Gasteiger partial charge is 0.383 e. The van der Waals surface area contributed by atoms with E-state index in [4.69, 9.17) is 18.0 Å². The van der Waals surface area contributed by atoms with Crippen LogP contribution in [-0.4, -0.2) is 38.1 Å². The standard InChI is InChI=1S/C23H20F2N6S/c1-29-10-17(20-21(26)27-12-28-22(20)29)16-8-7-15(9-18(16)25)31-11-19(30(2)23(31)32)13-3-5-14(24)6-4-13/h3-10,12,19H,11H2,1-2H3,(H2,26,27,28). The van der Waals surface area contributed by atoms with Crippen molar-refractivity contribution in [3.05, 3.63) is 72.2 Å². The minimum absolute atomic E-state index is 0.0548. The van der Waals surface area contributed by atoms with Crippen LogP contribution in [-0.2, 0) is 7.05 Å². The molecule has 1 unspecified atom stereocenters. The Hall–Kier alpha value is -3.59. The molecule has 0 aliphatic carbocycles. The normalized spacial score (nSPS) is 16.4. The molecule has 1 saturated heterocycles. The van der Waals surface area contributed by atoms with E-state index in [0.717, 1.165) is 5.56 Å². The molecule has 1 fully saturated rings. The first-order valence-electron chi connectivity index (χ1n) is 10.0. The van der Waals surface area contributed by atoms with Crippen LogP contribution in [0.5, 0.6) is 0 Å². The Morgan fingerprint density at radius 3 is 2.50 bits per heavy atom. The van der Waals surface area contributed by atoms with Gasteiger partial charge in [0.15, 0.2) is 5.11 Å². The summed E-state index contributed by atoms with van der Waals surface area (Å²) in [5.74, 6) is -0.376. The highest BCUT2D eigenvalue weighted by molar-refractivity contribution is 7.80. The van der Waals surface area contributed by atoms with Crippen LogP contribution in [0.2, 0.25) is 0 Å². The van der Waals surface area contributed by atoms with E-state index < -0.39 is 5.82 Å². The number of hydrogen-bond acceptors (Lipinski definition) is 4. The van der Waals surface area contributed by atoms with Crippen molar-refractivity contribution in [3.63, 3.8) is 0 Å². The minimum atomic E-state index is -0.395. The van der Waals surface area contributed by atoms with Crippen LogP contribution in [0.1, 0.15) is 11.6 Å². The van der Waals surface area contributed by atoms with Crippen molar-refractivity contribution in [1.29, 1.82) is 0 Å². The number of nitrogens with zero attached hydrogens (tertiary/aromatic N) is 5. The van der Waals surface area contributed by atoms with Gasteiger partial charge in [-0.15, -0.1) is 0 Å². The van der Waals surface area contributed by atoms with Gasteiger partial charge >= 0.3 is 0 Å². The average molecular weight is 451 g/mol. The summed E-state index contributed by atoms with van der Waals surface area (Å²) in [4.78, 5) is 12.1. The highest BCUT2D eigenvalue weighted by Gasteiger charge is 2.34. The fourth-order valence-corrected chi connectivity index (χ4v) is 4.56. The van der Waals surface area contributed by atoms with Crippen molar-refractivity contribution in [1.82, 2.24) is 19.4 Å². The van der Waals surface area contributed by atoms with Crippen LogP contribution >= 0.6 is 12.2 Å². The summed E-state index contributed by atoms with van der Waals surface area (Å²) in [6, 6.07) is 11.3. The fourth-order valence-electron chi connectivity index (χ4n) is 4.26. The van der Waals surface area contributed by atoms with E-state index >= 15 is 4.39 Å². The molecule has 0 amide bonds. The van der Waals surface area contributed by atoms with E-state index in [1.165, 1.54) is 24.5 Å². The van der Waals surface area contributed by atoms with E-state index in [1.807, 2.05) is 30.0 Å². The molecule has 1 atom stereocenters. The lowest BCUT2D eigenvalue weighted by Gasteiger charge is -2.20. The number of halogens is 2. The first kappa shape index (κ1) is 20.3. The molecule has 2 aromatic carbocycles. The Bertz CT molecular complexity index is 1350. The summed E-state index contributed by atoms with van der Waals surface area (Å²) in [5, 5.41) is 1.20. The number of benzene rings is 2. The minimum Gasteiger partial charge on any atom is -0.383 e. The summed E-state index contributed by atoms with van der Waals surface area (Å²) in [6.45, 7) is 0.537. The lowest BCUT2D eigenvalue weighted by Crippen LogP contribution is -2.29. The van der Waals surface area contributed by atoms with Gasteiger partial charge in [-0.2, -0.15) is 0 Å². The van der Waals surface area contributed by atoms with Gasteiger partial charge in [0.2, 0.25) is 0 Å². The van der Waals surface area contributed by atoms with Crippen LogP contribution in [0.25, 0.3) is 22.2 Å². The molecule has 2 aromatic heterocycles. The van der Waals surface area contributed by atoms with Gasteiger partial charge in [-0.3, -0.25) is 0 Å². The zero-order valence-electron chi connectivity index (χ0n) is 17.5. The molecule has 0 radical (unpaired) electrons. The summed E-state index contributed by atoms with van der Waals surface area (Å²) >= 11 is 5.62. The van der Waals surface area contributed by atoms with Crippen molar-refractivity contribution < 1.29 is 8.78 Å². The second-order valence-corrected chi connectivity index (χ2v) is 8.21. The topological polar surface area (TPSA) is 63.2 Å². The average Bonchev–Trinajstić information content (AvgIpc) is 3.27. The Kier molecular flexibility index (Phi) is 4.78. The van der Waals surface area contributed by atoms with Gasteiger partial charge in [0.1, 0.15) is 29.4 Å². The second kappa shape index (κ2) is 7.52. The van der Waals surface area contributed by atoms with Crippen molar-refractivity contribution >= 4 is 39.9 Å². The van der Waals surface area contributed by atoms with Gasteiger partial charge < -0.3 is 20.1 Å². The summed E-state index contributed by atoms with van der Waals surface area (Å²) in [6.07, 6.45) is 3.19. The van der Waals surface area contributed by atoms with E-state index in [-0.39, 0.29) is 11.9 Å². The molecule has 5 rings (SSSR count). The SMILES string of the molecule is CN1C(=S)N(c2ccc(-c3cn(C)c4ncnc(N)c34)c(F)c2)CC1c1ccc(F)cc1. The van der Waals surface area contributed by atoms with Gasteiger partial charge in [0, 0.05) is 43.7 Å². The number of aromatic nitrogens is 3. The highest BCUT2D eigenvalue weighted by Crippen LogP contribution is 2.37. The van der Waals surface area contributed by atoms with E-state index in [2.05, 4.69) is 9.97 Å². The molecule has 9 heteroatoms. The molecule has 6 nitrogen and oxygen atoms in total. The number of thiocarbonyl (C=S) groups is 1. The Morgan fingerprint density at radius 1 is 1.03 bits per heavy atom. The molecule has 1 aliphatic rings. The maximum Gasteiger partial charge on any atom is 0.176 e. The smallest absolute Gasteiger partial charge is 0.176 e. The number of fused-ring (bicyclic) bond motifs is 1. The lowest BCUT2D eigenvalue weighted by atomic mass is 10.0. The molecule has 162 valence electrons. The number of hydrogen-bond donors (Lipinski definition) is 1. The van der Waals surface area contributed by atoms with E-state index in [1.54, 1.807) is 29.0 Å². The van der Waals surface area contributed by atoms with Crippen LogP contribution in [0.4, 0.5) is 20.3 Å². The van der Waals surface area contributed by atoms with Gasteiger partial charge in [0.25, 0.3) is 0 Å². The second-order valence-electron chi connectivity index (χ2n) is 7.85. The quantitative estimate of drug-likeness (QED) is 0.470. The highest BCUT2D eigenvalue weighted by atomic mass is 32.1. The summed E-state index contributed by atoms with van der Waals surface area (Å²) in [5.41, 5.74) is 9.34. The van der Waals surface area contributed by atoms with Gasteiger partial charge in [-0.1, -0.05) is 12.1 Å². The van der Waals surface area contributed by atoms with E-state index in [9.17, 15) is 4.39 Å². The van der Waals surface area contributed by atoms with Gasteiger partial charge in [-0.05, 0) is 48.1 Å². The Labute approximate surface area is 188 Å². The molecular weight excluding hydrogens is 430 g/mol. The summed E-state index contributed by atoms with van der Waals surface area (Å²) < 4.78 is 30.5. The molecule has 3 heterocycles. The summed E-state index contributed by atoms with van der Waals surface area (Å²) in [7, 11) is 3.72. The third kappa shape index (κ3) is 3.16. The molecule has 32 heavy (non-hydrogen) atoms. The first-order valence-corrected chi connectivity index (χ1v) is 10.4. The van der Waals surface area contributed by atoms with Crippen LogP contribution in [0.3, 0.4) is 0 Å². The fraction of sp³-hybridized carbons (Fsp3) is 0.174. The molecule has 2 N–H and O–H groups in total. The van der Waals surface area contributed by atoms with Crippen LogP contribution in [0.15, 0.2) is 55.0 Å². The molecule has 0 spiro atoms. The van der Waals surface area contributed by atoms with Crippen LogP contribution < -0.4 is 10.6 Å². The Morgan fingerprint density at radius 2 is 1.78 bits per heavy atom. The number of aryl methyl sites for hydroxylation is 1. The number of nitrogen functional groups attached to an aromatic ring is 1. The zero-order valence-corrected chi connectivity index (χ0v) is 18.3. The van der Waals surface area contributed by atoms with Gasteiger partial charge in [-0.25, -0.2) is 18.7 Å². The molecule has 0 saturated carbocycles. The monoisotopic (exact) mass is 450 g/mol. The molecule has 0 bridgehead atoms. The Balaban J connectivity index is 1.50. The van der Waals surface area contributed by atoms with Crippen LogP contribution in [0, 0.1) is 11.6 Å². The third-order valence-electron chi connectivity index (χ3n) is 5.95. The third-order valence-corrected chi connectivity index (χ3v) is 6.46. The predicted molar refractivity (Wildman–Crippen MR) is 125 cm³/mol. The van der Waals surface area contributed by atoms with Crippen molar-refractivity contribution in [3.8, 4) is 11.1 Å². The van der Waals surface area contributed by atoms with Crippen molar-refractivity contribution in [2.75, 3.05) is 24.2 Å². The molecule has 4 aromatic rings. The molecule has 1 aliphatic heterocycles. The predicted octanol–water partition coefficient (Wildman–Crippen LogP) is 4.27. The van der Waals surface area contributed by atoms with E-state index in [0.29, 0.717) is 45.3 Å². The number of nitrogens with two attached hydrogens (primary N) is 1. The van der Waals surface area contributed by atoms with Gasteiger partial charge in [0.05, 0.1) is 11.4 Å². The zero-order chi connectivity index (χ0) is 22.6. The maximum atomic E-state index is 15.3. The van der Waals surface area contributed by atoms with Crippen molar-refractivity contribution in [2.45, 2.75) is 6.04 Å².